The molecule has 0 aromatic rings. The summed E-state index contributed by atoms with van der Waals surface area (Å²) in [5, 5.41) is 1.56. The molecule has 0 aromatic heterocycles. The number of hydrogen-bond donors (Lipinski definition) is 2. The number of nitrogens with two attached hydrogens (primary N) is 1. The standard InChI is InChI=1S/C6H14N2/c1-5-6(7)3-2-4-8-5/h5-6,8H,2-4,7H2,1H3/i1D3,2D2,3D2,4D2,5D,6D. The number of piperidine rings is 1. The van der Waals surface area contributed by atoms with Crippen LogP contribution in [0.1, 0.15) is 34.7 Å². The summed E-state index contributed by atoms with van der Waals surface area (Å²) in [5.74, 6) is 0. The van der Waals surface area contributed by atoms with Crippen LogP contribution in [0.25, 0.3) is 0 Å². The van der Waals surface area contributed by atoms with Gasteiger partial charge in [0.15, 0.2) is 0 Å². The van der Waals surface area contributed by atoms with E-state index in [-0.39, 0.29) is 0 Å². The minimum absolute atomic E-state index is 1.56. The molecule has 0 aromatic carbocycles. The summed E-state index contributed by atoms with van der Waals surface area (Å²) in [6, 6.07) is -6.45. The third-order valence-electron chi connectivity index (χ3n) is 0.717. The van der Waals surface area contributed by atoms with E-state index in [9.17, 15) is 0 Å². The van der Waals surface area contributed by atoms with Gasteiger partial charge in [0, 0.05) is 27.1 Å². The molecule has 48 valence electrons. The summed E-state index contributed by atoms with van der Waals surface area (Å²) in [4.78, 5) is 0. The Labute approximate surface area is 65.9 Å². The van der Waals surface area contributed by atoms with Crippen molar-refractivity contribution in [3.05, 3.63) is 0 Å². The highest BCUT2D eigenvalue weighted by molar-refractivity contribution is 4.79. The lowest BCUT2D eigenvalue weighted by molar-refractivity contribution is 0.371. The molecule has 8 heavy (non-hydrogen) atoms. The SMILES string of the molecule is [2H]C([2H])([2H])C1([2H])NC([2H])([2H])C([2H])([2H])C([2H])([2H])C1([2H])N. The lowest BCUT2D eigenvalue weighted by Gasteiger charge is -2.26. The molecule has 1 fully saturated rings. The molecular formula is C6H14N2. The molecule has 1 aliphatic heterocycles. The molecular weight excluding hydrogens is 100 g/mol. The Morgan fingerprint density at radius 1 is 2.12 bits per heavy atom. The van der Waals surface area contributed by atoms with E-state index >= 15 is 0 Å². The Kier molecular flexibility index (Phi) is 0.326. The maximum atomic E-state index is 7.73. The van der Waals surface area contributed by atoms with E-state index in [0.29, 0.717) is 0 Å². The predicted molar refractivity (Wildman–Crippen MR) is 34.7 cm³/mol. The quantitative estimate of drug-likeness (QED) is 0.481. The lowest BCUT2D eigenvalue weighted by Crippen LogP contribution is -2.47. The first-order valence-corrected chi connectivity index (χ1v) is 2.04. The highest BCUT2D eigenvalue weighted by Gasteiger charge is 2.15. The molecule has 2 unspecified atom stereocenters. The zero-order valence-electron chi connectivity index (χ0n) is 15.1. The summed E-state index contributed by atoms with van der Waals surface area (Å²) in [5.41, 5.74) is 5.29. The van der Waals surface area contributed by atoms with Crippen LogP contribution in [0.5, 0.6) is 0 Å². The molecule has 1 rings (SSSR count). The number of rotatable bonds is 0. The summed E-state index contributed by atoms with van der Waals surface area (Å²) in [6.45, 7) is -6.52. The van der Waals surface area contributed by atoms with Gasteiger partial charge in [0.25, 0.3) is 0 Å². The predicted octanol–water partition coefficient (Wildman–Crippen LogP) is 0.0856. The van der Waals surface area contributed by atoms with E-state index in [2.05, 4.69) is 0 Å². The van der Waals surface area contributed by atoms with Crippen molar-refractivity contribution in [2.75, 3.05) is 6.50 Å². The molecule has 0 amide bonds. The normalized spacial score (nSPS) is 98.9. The minimum atomic E-state index is -3.41. The van der Waals surface area contributed by atoms with Crippen LogP contribution in [0.15, 0.2) is 0 Å². The lowest BCUT2D eigenvalue weighted by atomic mass is 10.0. The van der Waals surface area contributed by atoms with Crippen LogP contribution in [0.2, 0.25) is 0 Å². The maximum absolute atomic E-state index is 7.73. The highest BCUT2D eigenvalue weighted by Crippen LogP contribution is 2.03. The first kappa shape index (κ1) is 1.06. The number of nitrogens with one attached hydrogen (secondary N) is 1. The van der Waals surface area contributed by atoms with Gasteiger partial charge < -0.3 is 11.1 Å². The van der Waals surface area contributed by atoms with Crippen molar-refractivity contribution in [2.24, 2.45) is 5.73 Å². The van der Waals surface area contributed by atoms with Crippen molar-refractivity contribution < 1.29 is 15.1 Å². The van der Waals surface area contributed by atoms with Crippen LogP contribution in [-0.4, -0.2) is 18.5 Å². The third kappa shape index (κ3) is 1.20. The highest BCUT2D eigenvalue weighted by atomic mass is 15.0. The number of hydrogen-bond acceptors (Lipinski definition) is 2. The maximum Gasteiger partial charge on any atom is 0.0479 e. The minimum Gasteiger partial charge on any atom is -0.326 e. The van der Waals surface area contributed by atoms with Crippen LogP contribution in [-0.2, 0) is 0 Å². The van der Waals surface area contributed by atoms with E-state index in [4.69, 9.17) is 20.8 Å². The Hall–Kier alpha value is -0.0800. The van der Waals surface area contributed by atoms with Crippen molar-refractivity contribution in [2.45, 2.75) is 31.6 Å². The first-order chi connectivity index (χ1) is 7.96. The van der Waals surface area contributed by atoms with E-state index in [1.165, 1.54) is 0 Å². The van der Waals surface area contributed by atoms with Crippen LogP contribution in [0.4, 0.5) is 0 Å². The third-order valence-corrected chi connectivity index (χ3v) is 0.717. The van der Waals surface area contributed by atoms with Gasteiger partial charge in [0.05, 0.1) is 0 Å². The van der Waals surface area contributed by atoms with Gasteiger partial charge in [-0.05, 0) is 26.1 Å². The topological polar surface area (TPSA) is 38.0 Å². The fraction of sp³-hybridized carbons (Fsp3) is 1.00. The van der Waals surface area contributed by atoms with E-state index in [1.54, 1.807) is 5.32 Å². The van der Waals surface area contributed by atoms with Crippen molar-refractivity contribution >= 4 is 0 Å². The van der Waals surface area contributed by atoms with Gasteiger partial charge in [-0.25, -0.2) is 0 Å². The van der Waals surface area contributed by atoms with Crippen LogP contribution < -0.4 is 11.1 Å². The zero-order valence-corrected chi connectivity index (χ0v) is 4.08. The second kappa shape index (κ2) is 2.46. The fourth-order valence-corrected chi connectivity index (χ4v) is 0.322. The van der Waals surface area contributed by atoms with Gasteiger partial charge in [-0.2, -0.15) is 0 Å². The Morgan fingerprint density at radius 2 is 3.00 bits per heavy atom. The van der Waals surface area contributed by atoms with Gasteiger partial charge in [0.2, 0.25) is 0 Å². The van der Waals surface area contributed by atoms with Gasteiger partial charge in [-0.3, -0.25) is 0 Å². The Balaban J connectivity index is 3.60. The first-order valence-electron chi connectivity index (χ1n) is 7.54. The van der Waals surface area contributed by atoms with Crippen LogP contribution in [0, 0.1) is 0 Å². The van der Waals surface area contributed by atoms with Gasteiger partial charge >= 0.3 is 0 Å². The molecule has 0 spiro atoms. The van der Waals surface area contributed by atoms with Gasteiger partial charge in [-0.1, -0.05) is 0 Å². The average molecular weight is 125 g/mol. The van der Waals surface area contributed by atoms with E-state index < -0.39 is 38.1 Å². The molecule has 0 aliphatic carbocycles. The second-order valence-corrected chi connectivity index (χ2v) is 1.29. The van der Waals surface area contributed by atoms with Crippen molar-refractivity contribution in [3.63, 3.8) is 0 Å². The molecule has 0 radical (unpaired) electrons. The van der Waals surface area contributed by atoms with Crippen LogP contribution in [0.3, 0.4) is 0 Å². The van der Waals surface area contributed by atoms with Gasteiger partial charge in [0.1, 0.15) is 0 Å². The molecule has 1 heterocycles. The average Bonchev–Trinajstić information content (AvgIpc) is 2.12. The van der Waals surface area contributed by atoms with E-state index in [1.807, 2.05) is 0 Å². The molecule has 2 nitrogen and oxygen atoms in total. The molecule has 0 bridgehead atoms. The van der Waals surface area contributed by atoms with Crippen molar-refractivity contribution in [1.82, 2.24) is 5.32 Å². The molecule has 3 N–H and O–H groups in total. The monoisotopic (exact) mass is 125 g/mol. The molecule has 1 aliphatic rings. The molecule has 1 saturated heterocycles. The fourth-order valence-electron chi connectivity index (χ4n) is 0.322. The Bertz CT molecular complexity index is 385. The zero-order chi connectivity index (χ0) is 15.7. The largest absolute Gasteiger partial charge is 0.326 e. The van der Waals surface area contributed by atoms with Gasteiger partial charge in [-0.15, -0.1) is 0 Å². The second-order valence-electron chi connectivity index (χ2n) is 1.29. The van der Waals surface area contributed by atoms with E-state index in [0.717, 1.165) is 0 Å². The van der Waals surface area contributed by atoms with Crippen LogP contribution >= 0.6 is 0 Å². The summed E-state index contributed by atoms with van der Waals surface area (Å²) in [6.07, 6.45) is -6.71. The molecule has 2 atom stereocenters. The molecule has 0 saturated carbocycles. The van der Waals surface area contributed by atoms with Crippen molar-refractivity contribution in [3.8, 4) is 0 Å². The summed E-state index contributed by atoms with van der Waals surface area (Å²) < 4.78 is 81.8. The summed E-state index contributed by atoms with van der Waals surface area (Å²) in [7, 11) is 0. The Morgan fingerprint density at radius 3 is 3.75 bits per heavy atom. The molecule has 2 heteroatoms. The summed E-state index contributed by atoms with van der Waals surface area (Å²) >= 11 is 0. The smallest absolute Gasteiger partial charge is 0.0479 e. The van der Waals surface area contributed by atoms with Crippen molar-refractivity contribution in [1.29, 1.82) is 0 Å².